The van der Waals surface area contributed by atoms with Gasteiger partial charge in [-0.1, -0.05) is 6.08 Å². The number of fused-ring (bicyclic) bond motifs is 1. The third-order valence-electron chi connectivity index (χ3n) is 2.83. The zero-order chi connectivity index (χ0) is 11.4. The molecule has 1 aromatic carbocycles. The van der Waals surface area contributed by atoms with Gasteiger partial charge < -0.3 is 9.72 Å². The number of hydrogen-bond acceptors (Lipinski definition) is 1. The van der Waals surface area contributed by atoms with Crippen molar-refractivity contribution in [2.45, 2.75) is 19.3 Å². The standard InChI is InChI=1S/C14H17NO/c1-3-4-5-6-11-10-15-14-8-7-12(16-2)9-13(11)14/h3,7-10,15H,1,4-6H2,2H3. The van der Waals surface area contributed by atoms with Crippen LogP contribution in [0.2, 0.25) is 0 Å². The Kier molecular flexibility index (Phi) is 3.30. The minimum atomic E-state index is 0.914. The highest BCUT2D eigenvalue weighted by atomic mass is 16.5. The lowest BCUT2D eigenvalue weighted by atomic mass is 10.1. The van der Waals surface area contributed by atoms with Crippen LogP contribution < -0.4 is 4.74 Å². The van der Waals surface area contributed by atoms with Crippen LogP contribution in [0, 0.1) is 0 Å². The lowest BCUT2D eigenvalue weighted by Gasteiger charge is -2.01. The van der Waals surface area contributed by atoms with Crippen molar-refractivity contribution in [3.63, 3.8) is 0 Å². The van der Waals surface area contributed by atoms with Gasteiger partial charge in [0.1, 0.15) is 5.75 Å². The molecule has 0 amide bonds. The summed E-state index contributed by atoms with van der Waals surface area (Å²) in [6, 6.07) is 6.13. The second-order valence-corrected chi connectivity index (χ2v) is 3.91. The maximum Gasteiger partial charge on any atom is 0.119 e. The van der Waals surface area contributed by atoms with Crippen LogP contribution in [0.15, 0.2) is 37.1 Å². The Balaban J connectivity index is 2.27. The van der Waals surface area contributed by atoms with Crippen molar-refractivity contribution >= 4 is 10.9 Å². The number of rotatable bonds is 5. The molecule has 2 heteroatoms. The maximum absolute atomic E-state index is 5.24. The number of hydrogen-bond donors (Lipinski definition) is 1. The lowest BCUT2D eigenvalue weighted by molar-refractivity contribution is 0.415. The Bertz CT molecular complexity index is 484. The molecule has 0 atom stereocenters. The van der Waals surface area contributed by atoms with Crippen LogP contribution >= 0.6 is 0 Å². The Hall–Kier alpha value is -1.70. The highest BCUT2D eigenvalue weighted by Crippen LogP contribution is 2.24. The summed E-state index contributed by atoms with van der Waals surface area (Å²) in [5, 5.41) is 1.27. The third kappa shape index (κ3) is 2.11. The van der Waals surface area contributed by atoms with Crippen molar-refractivity contribution in [3.8, 4) is 5.75 Å². The van der Waals surface area contributed by atoms with Gasteiger partial charge in [0.25, 0.3) is 0 Å². The van der Waals surface area contributed by atoms with Gasteiger partial charge in [-0.3, -0.25) is 0 Å². The first-order chi connectivity index (χ1) is 7.85. The van der Waals surface area contributed by atoms with E-state index < -0.39 is 0 Å². The Morgan fingerprint density at radius 3 is 3.06 bits per heavy atom. The highest BCUT2D eigenvalue weighted by Gasteiger charge is 2.04. The largest absolute Gasteiger partial charge is 0.497 e. The van der Waals surface area contributed by atoms with Crippen LogP contribution in [0.3, 0.4) is 0 Å². The first-order valence-electron chi connectivity index (χ1n) is 5.60. The van der Waals surface area contributed by atoms with Crippen molar-refractivity contribution < 1.29 is 4.74 Å². The molecule has 0 aliphatic heterocycles. The van der Waals surface area contributed by atoms with Gasteiger partial charge in [0.05, 0.1) is 7.11 Å². The molecule has 0 bridgehead atoms. The molecule has 0 aliphatic carbocycles. The number of H-pyrrole nitrogens is 1. The van der Waals surface area contributed by atoms with Gasteiger partial charge >= 0.3 is 0 Å². The van der Waals surface area contributed by atoms with Crippen LogP contribution in [-0.4, -0.2) is 12.1 Å². The molecule has 16 heavy (non-hydrogen) atoms. The number of methoxy groups -OCH3 is 1. The Morgan fingerprint density at radius 1 is 1.44 bits per heavy atom. The number of aryl methyl sites for hydroxylation is 1. The van der Waals surface area contributed by atoms with E-state index in [1.54, 1.807) is 7.11 Å². The quantitative estimate of drug-likeness (QED) is 0.597. The van der Waals surface area contributed by atoms with E-state index in [1.807, 2.05) is 12.1 Å². The molecule has 84 valence electrons. The molecule has 1 N–H and O–H groups in total. The van der Waals surface area contributed by atoms with Crippen LogP contribution in [-0.2, 0) is 6.42 Å². The van der Waals surface area contributed by atoms with E-state index in [-0.39, 0.29) is 0 Å². The molecule has 0 radical (unpaired) electrons. The second-order valence-electron chi connectivity index (χ2n) is 3.91. The van der Waals surface area contributed by atoms with Gasteiger partial charge in [0.15, 0.2) is 0 Å². The van der Waals surface area contributed by atoms with E-state index in [1.165, 1.54) is 16.5 Å². The third-order valence-corrected chi connectivity index (χ3v) is 2.83. The van der Waals surface area contributed by atoms with Crippen LogP contribution in [0.1, 0.15) is 18.4 Å². The first-order valence-corrected chi connectivity index (χ1v) is 5.60. The summed E-state index contributed by atoms with van der Waals surface area (Å²) < 4.78 is 5.24. The zero-order valence-corrected chi connectivity index (χ0v) is 9.62. The molecule has 1 aromatic heterocycles. The van der Waals surface area contributed by atoms with Crippen LogP contribution in [0.4, 0.5) is 0 Å². The summed E-state index contributed by atoms with van der Waals surface area (Å²) in [6.45, 7) is 3.74. The van der Waals surface area contributed by atoms with E-state index in [0.717, 1.165) is 25.0 Å². The van der Waals surface area contributed by atoms with Gasteiger partial charge in [-0.25, -0.2) is 0 Å². The van der Waals surface area contributed by atoms with Crippen LogP contribution in [0.25, 0.3) is 10.9 Å². The summed E-state index contributed by atoms with van der Waals surface area (Å²) >= 11 is 0. The number of nitrogens with one attached hydrogen (secondary N) is 1. The fraction of sp³-hybridized carbons (Fsp3) is 0.286. The molecular weight excluding hydrogens is 198 g/mol. The number of unbranched alkanes of at least 4 members (excludes halogenated alkanes) is 1. The van der Waals surface area contributed by atoms with E-state index >= 15 is 0 Å². The number of aromatic amines is 1. The van der Waals surface area contributed by atoms with Gasteiger partial charge in [0, 0.05) is 17.1 Å². The molecule has 0 saturated carbocycles. The van der Waals surface area contributed by atoms with Crippen molar-refractivity contribution in [2.24, 2.45) is 0 Å². The molecule has 2 aromatic rings. The number of ether oxygens (including phenoxy) is 1. The molecular formula is C14H17NO. The average molecular weight is 215 g/mol. The van der Waals surface area contributed by atoms with Crippen molar-refractivity contribution in [3.05, 3.63) is 42.6 Å². The molecule has 0 saturated heterocycles. The van der Waals surface area contributed by atoms with E-state index in [9.17, 15) is 0 Å². The number of benzene rings is 1. The van der Waals surface area contributed by atoms with E-state index in [0.29, 0.717) is 0 Å². The molecule has 0 unspecified atom stereocenters. The minimum Gasteiger partial charge on any atom is -0.497 e. The summed E-state index contributed by atoms with van der Waals surface area (Å²) in [4.78, 5) is 3.29. The number of aromatic nitrogens is 1. The SMILES string of the molecule is C=CCCCc1c[nH]c2ccc(OC)cc12. The van der Waals surface area contributed by atoms with Gasteiger partial charge in [0.2, 0.25) is 0 Å². The Morgan fingerprint density at radius 2 is 2.31 bits per heavy atom. The molecule has 2 nitrogen and oxygen atoms in total. The summed E-state index contributed by atoms with van der Waals surface area (Å²) in [5.41, 5.74) is 2.53. The predicted molar refractivity (Wildman–Crippen MR) is 68.0 cm³/mol. The lowest BCUT2D eigenvalue weighted by Crippen LogP contribution is -1.84. The van der Waals surface area contributed by atoms with E-state index in [2.05, 4.69) is 29.9 Å². The van der Waals surface area contributed by atoms with Crippen molar-refractivity contribution in [1.82, 2.24) is 4.98 Å². The minimum absolute atomic E-state index is 0.914. The van der Waals surface area contributed by atoms with Crippen LogP contribution in [0.5, 0.6) is 5.75 Å². The monoisotopic (exact) mass is 215 g/mol. The smallest absolute Gasteiger partial charge is 0.119 e. The van der Waals surface area contributed by atoms with Gasteiger partial charge in [-0.05, 0) is 43.0 Å². The molecule has 2 rings (SSSR count). The fourth-order valence-corrected chi connectivity index (χ4v) is 1.93. The van der Waals surface area contributed by atoms with Crippen molar-refractivity contribution in [2.75, 3.05) is 7.11 Å². The normalized spacial score (nSPS) is 10.6. The van der Waals surface area contributed by atoms with Gasteiger partial charge in [-0.2, -0.15) is 0 Å². The first kappa shape index (κ1) is 10.8. The molecule has 0 spiro atoms. The molecule has 1 heterocycles. The molecule has 0 fully saturated rings. The van der Waals surface area contributed by atoms with E-state index in [4.69, 9.17) is 4.74 Å². The molecule has 0 aliphatic rings. The topological polar surface area (TPSA) is 25.0 Å². The maximum atomic E-state index is 5.24. The summed E-state index contributed by atoms with van der Waals surface area (Å²) in [5.74, 6) is 0.914. The fourth-order valence-electron chi connectivity index (χ4n) is 1.93. The predicted octanol–water partition coefficient (Wildman–Crippen LogP) is 3.69. The summed E-state index contributed by atoms with van der Waals surface area (Å²) in [7, 11) is 1.70. The average Bonchev–Trinajstić information content (AvgIpc) is 2.72. The zero-order valence-electron chi connectivity index (χ0n) is 9.62. The van der Waals surface area contributed by atoms with Gasteiger partial charge in [-0.15, -0.1) is 6.58 Å². The number of allylic oxidation sites excluding steroid dienone is 1. The second kappa shape index (κ2) is 4.88. The summed E-state index contributed by atoms with van der Waals surface area (Å²) in [6.07, 6.45) is 7.35. The highest BCUT2D eigenvalue weighted by molar-refractivity contribution is 5.84. The van der Waals surface area contributed by atoms with Crippen molar-refractivity contribution in [1.29, 1.82) is 0 Å². The Labute approximate surface area is 95.9 Å².